The molecular weight excluding hydrogens is 1380 g/mol. The van der Waals surface area contributed by atoms with Crippen molar-refractivity contribution >= 4 is 103 Å². The van der Waals surface area contributed by atoms with Crippen molar-refractivity contribution in [3.63, 3.8) is 0 Å². The van der Waals surface area contributed by atoms with Gasteiger partial charge >= 0.3 is 17.8 Å². The first-order valence-corrected chi connectivity index (χ1v) is 36.3. The fraction of sp³-hybridized carbons (Fsp3) is 0.500. The van der Waals surface area contributed by atoms with Crippen LogP contribution in [0.15, 0.2) is 98.7 Å². The molecule has 11 atom stereocenters. The van der Waals surface area contributed by atoms with Gasteiger partial charge in [-0.1, -0.05) is 78.3 Å². The van der Waals surface area contributed by atoms with E-state index in [9.17, 15) is 63.6 Å². The second kappa shape index (κ2) is 34.1. The number of fused-ring (bicyclic) bond motifs is 2. The first-order valence-electron chi connectivity index (χ1n) is 36.3. The molecule has 0 aliphatic carbocycles. The number of aliphatic hydroxyl groups is 3. The quantitative estimate of drug-likeness (QED) is 0.00906. The van der Waals surface area contributed by atoms with Crippen LogP contribution in [-0.4, -0.2) is 178 Å². The number of phenolic OH excluding ortho intramolecular Hbond substituents is 1. The number of nitrogens with two attached hydrogens (primary N) is 1. The number of hydrogen-bond donors (Lipinski definition) is 10. The maximum atomic E-state index is 15.2. The number of ether oxygens (including phenoxy) is 4. The lowest BCUT2D eigenvalue weighted by atomic mass is 9.78. The molecule has 0 spiro atoms. The van der Waals surface area contributed by atoms with Crippen LogP contribution in [0.4, 0.5) is 21.9 Å². The van der Waals surface area contributed by atoms with Gasteiger partial charge in [0.2, 0.25) is 28.6 Å². The van der Waals surface area contributed by atoms with Crippen LogP contribution >= 0.6 is 0 Å². The number of aromatic hydroxyl groups is 1. The number of carbonyl (C=O) groups excluding carboxylic acids is 8. The van der Waals surface area contributed by atoms with Crippen molar-refractivity contribution in [3.8, 4) is 11.5 Å². The lowest BCUT2D eigenvalue weighted by Crippen LogP contribution is -2.54. The van der Waals surface area contributed by atoms with Gasteiger partial charge in [-0.15, -0.1) is 0 Å². The first kappa shape index (κ1) is 80.9. The minimum Gasteiger partial charge on any atom is -0.507 e. The van der Waals surface area contributed by atoms with Crippen LogP contribution in [0.2, 0.25) is 0 Å². The van der Waals surface area contributed by atoms with Gasteiger partial charge in [-0.25, -0.2) is 9.78 Å². The number of aliphatic hydroxyl groups excluding tert-OH is 3. The summed E-state index contributed by atoms with van der Waals surface area (Å²) in [4.78, 5) is 141. The number of benzene rings is 4. The van der Waals surface area contributed by atoms with Crippen molar-refractivity contribution in [2.24, 2.45) is 35.3 Å². The highest BCUT2D eigenvalue weighted by atomic mass is 16.7. The zero-order valence-corrected chi connectivity index (χ0v) is 62.9. The molecule has 0 saturated carbocycles. The number of methoxy groups -OCH3 is 1. The van der Waals surface area contributed by atoms with E-state index in [1.807, 2.05) is 17.0 Å². The van der Waals surface area contributed by atoms with E-state index in [1.165, 1.54) is 71.4 Å². The summed E-state index contributed by atoms with van der Waals surface area (Å²) in [5.74, 6) is -9.99. The third-order valence-electron chi connectivity index (χ3n) is 21.1. The molecule has 9 rings (SSSR count). The SMILES string of the molecule is CO[C@H]1/C=C\O[C@@]2(C)Oc3c(C)c(O)c4c(=O)c(c5oc6cc(N7CCC([N+](C)(C)Cc8ccc(NC(=O)[C@H](CCCNC(N)=O)NC(=O)[C@@H](NC(=O)CCCCCN9C(=O)C=CC9=O)C(C)C)cc8)CC7)cc(=O)c6nc5c4c3=C2O)NC(=O)/C(C)=C/C=C/[C@H](C)[C@H](O)[C@@H](C)[C@@H](O)[C@@H](C)[C@H](OC(C)=O)[C@@H]1C. The van der Waals surface area contributed by atoms with Crippen LogP contribution in [0, 0.1) is 36.5 Å². The second-order valence-electron chi connectivity index (χ2n) is 29.6. The average Bonchev–Trinajstić information content (AvgIpc) is 1.54. The number of anilines is 3. The van der Waals surface area contributed by atoms with Crippen molar-refractivity contribution in [2.75, 3.05) is 62.9 Å². The van der Waals surface area contributed by atoms with Gasteiger partial charge in [-0.05, 0) is 63.7 Å². The third kappa shape index (κ3) is 18.3. The number of nitrogens with zero attached hydrogens (tertiary/aromatic N) is 4. The summed E-state index contributed by atoms with van der Waals surface area (Å²) in [5.41, 5.74) is 4.67. The number of phenols is 1. The van der Waals surface area contributed by atoms with E-state index in [0.717, 1.165) is 10.5 Å². The van der Waals surface area contributed by atoms with E-state index in [1.54, 1.807) is 71.9 Å². The number of nitrogens with one attached hydrogen (secondary N) is 5. The standard InChI is InChI=1S/C78H100N10O19/c1-40(2)62(83-56(91)22-15-14-16-33-87-57(92)27-28-58(87)93)76(101)82-52(21-18-32-80-77(79)102)75(100)81-49-25-23-48(24-26-49)39-88(11,12)51-29-34-86(35-30-51)50-37-53(90)63-55(38-50)106-72-64(84-63)59-60-68(96)46(8)71-61(59)73(98)78(10,107-71)104-36-31-54(103-13)43(5)70(105-47(9)89)45(7)67(95)44(6)66(94)41(3)19-17-20-42(4)74(99)85-65(72)69(60)97/h17,19-20,23-28,31,36-38,40-41,43-45,51-52,54,62,66-67,70,94-95H,14-16,18,21-22,29-30,32-35,39H2,1-13H3,(H8-,79,80,81,82,83,84,85,90,91,92,93,96,97,98,99,100,101,102)/p+1/b19-17+,36-31-,42-20+/t41-,43+,44+,45+,52-,54-,62-,66-,67+,70+,78-/m0/s1. The Kier molecular flexibility index (Phi) is 25.8. The van der Waals surface area contributed by atoms with Crippen molar-refractivity contribution in [1.29, 1.82) is 0 Å². The fourth-order valence-corrected chi connectivity index (χ4v) is 14.6. The molecule has 107 heavy (non-hydrogen) atoms. The molecule has 8 amide bonds. The first-order chi connectivity index (χ1) is 50.5. The maximum Gasteiger partial charge on any atom is 0.312 e. The predicted molar refractivity (Wildman–Crippen MR) is 401 cm³/mol. The largest absolute Gasteiger partial charge is 0.507 e. The molecule has 5 aromatic rings. The van der Waals surface area contributed by atoms with Gasteiger partial charge in [0.05, 0.1) is 55.3 Å². The number of carbonyl (C=O) groups is 8. The molecule has 1 saturated heterocycles. The lowest BCUT2D eigenvalue weighted by molar-refractivity contribution is -0.928. The van der Waals surface area contributed by atoms with Gasteiger partial charge in [0.15, 0.2) is 22.4 Å². The average molecular weight is 1480 g/mol. The number of primary amides is 1. The Hall–Kier alpha value is -10.2. The van der Waals surface area contributed by atoms with Crippen molar-refractivity contribution in [2.45, 2.75) is 175 Å². The van der Waals surface area contributed by atoms with E-state index in [2.05, 4.69) is 40.7 Å². The topological polar surface area (TPSA) is 407 Å². The fourth-order valence-electron chi connectivity index (χ4n) is 14.6. The minimum atomic E-state index is -2.05. The van der Waals surface area contributed by atoms with Crippen LogP contribution in [-0.2, 0) is 54.3 Å². The number of unbranched alkanes of at least 4 members (excludes halogenated alkanes) is 2. The predicted octanol–water partition coefficient (Wildman–Crippen LogP) is 6.30. The molecular formula is C78H101N10O19+. The molecule has 4 aromatic carbocycles. The number of esters is 1. The minimum absolute atomic E-state index is 0.0102. The number of rotatable bonds is 22. The van der Waals surface area contributed by atoms with E-state index in [-0.39, 0.29) is 117 Å². The molecule has 576 valence electrons. The summed E-state index contributed by atoms with van der Waals surface area (Å²) in [5, 5.41) is 60.9. The van der Waals surface area contributed by atoms with Gasteiger partial charge in [0.1, 0.15) is 47.4 Å². The highest BCUT2D eigenvalue weighted by Gasteiger charge is 2.45. The maximum absolute atomic E-state index is 15.2. The van der Waals surface area contributed by atoms with Crippen LogP contribution in [0.1, 0.15) is 125 Å². The number of amides is 8. The van der Waals surface area contributed by atoms with Crippen molar-refractivity contribution in [1.82, 2.24) is 25.8 Å². The molecule has 5 heterocycles. The molecule has 29 heteroatoms. The number of imide groups is 1. The van der Waals surface area contributed by atoms with E-state index in [4.69, 9.17) is 34.1 Å². The molecule has 4 aliphatic heterocycles. The Morgan fingerprint density at radius 3 is 2.18 bits per heavy atom. The molecule has 29 nitrogen and oxygen atoms in total. The molecule has 1 fully saturated rings. The van der Waals surface area contributed by atoms with Crippen LogP contribution < -0.4 is 58.0 Å². The Balaban J connectivity index is 0.942. The summed E-state index contributed by atoms with van der Waals surface area (Å²) in [6.07, 6.45) is 9.10. The Labute approximate surface area is 619 Å². The van der Waals surface area contributed by atoms with Crippen LogP contribution in [0.5, 0.6) is 11.5 Å². The number of hydrogen-bond acceptors (Lipinski definition) is 21. The smallest absolute Gasteiger partial charge is 0.312 e. The highest BCUT2D eigenvalue weighted by Crippen LogP contribution is 2.43. The van der Waals surface area contributed by atoms with Crippen LogP contribution in [0.25, 0.3) is 38.7 Å². The van der Waals surface area contributed by atoms with Crippen molar-refractivity contribution < 1.29 is 86.6 Å². The highest BCUT2D eigenvalue weighted by molar-refractivity contribution is 6.17. The Bertz CT molecular complexity index is 4540. The molecule has 11 N–H and O–H groups in total. The summed E-state index contributed by atoms with van der Waals surface area (Å²) in [6.45, 7) is 18.0. The summed E-state index contributed by atoms with van der Waals surface area (Å²) >= 11 is 0. The molecule has 0 unspecified atom stereocenters. The van der Waals surface area contributed by atoms with E-state index >= 15 is 4.79 Å². The zero-order chi connectivity index (χ0) is 78.3. The van der Waals surface area contributed by atoms with Gasteiger partial charge in [-0.3, -0.25) is 48.1 Å². The van der Waals surface area contributed by atoms with E-state index < -0.39 is 124 Å². The molecule has 1 aromatic heterocycles. The summed E-state index contributed by atoms with van der Waals surface area (Å²) in [7, 11) is 5.68. The number of urea groups is 1. The van der Waals surface area contributed by atoms with Crippen molar-refractivity contribution in [3.05, 3.63) is 121 Å². The van der Waals surface area contributed by atoms with Crippen LogP contribution in [0.3, 0.4) is 0 Å². The monoisotopic (exact) mass is 1480 g/mol. The molecule has 4 aliphatic rings. The number of allylic oxidation sites excluding steroid dienone is 2. The number of aromatic nitrogens is 1. The molecule has 4 bridgehead atoms. The molecule has 0 radical (unpaired) electrons. The Morgan fingerprint density at radius 2 is 1.53 bits per heavy atom. The van der Waals surface area contributed by atoms with Gasteiger partial charge in [0.25, 0.3) is 17.7 Å². The second-order valence-corrected chi connectivity index (χ2v) is 29.6. The Morgan fingerprint density at radius 1 is 0.850 bits per heavy atom. The normalized spacial score (nSPS) is 24.2. The zero-order valence-electron chi connectivity index (χ0n) is 62.9. The van der Waals surface area contributed by atoms with Gasteiger partial charge in [0, 0.05) is 148 Å². The summed E-state index contributed by atoms with van der Waals surface area (Å²) in [6, 6.07) is 7.78. The lowest BCUT2D eigenvalue weighted by Gasteiger charge is -2.43. The third-order valence-corrected chi connectivity index (χ3v) is 21.1. The summed E-state index contributed by atoms with van der Waals surface area (Å²) < 4.78 is 31.5. The number of quaternary nitrogens is 1. The number of piperidine rings is 1. The van der Waals surface area contributed by atoms with E-state index in [0.29, 0.717) is 67.6 Å². The van der Waals surface area contributed by atoms with Gasteiger partial charge in [-0.2, -0.15) is 0 Å². The van der Waals surface area contributed by atoms with Gasteiger partial charge < -0.3 is 85.5 Å².